The summed E-state index contributed by atoms with van der Waals surface area (Å²) < 4.78 is 18.2. The molecule has 2 rings (SSSR count). The van der Waals surface area contributed by atoms with E-state index >= 15 is 0 Å². The van der Waals surface area contributed by atoms with E-state index in [0.717, 1.165) is 12.2 Å². The smallest absolute Gasteiger partial charge is 0.240 e. The van der Waals surface area contributed by atoms with Crippen LogP contribution >= 0.6 is 0 Å². The second-order valence-electron chi connectivity index (χ2n) is 4.90. The number of anilines is 1. The minimum Gasteiger partial charge on any atom is -0.376 e. The van der Waals surface area contributed by atoms with Gasteiger partial charge in [0.05, 0.1) is 18.7 Å². The number of alkyl halides is 1. The molecule has 0 aliphatic carbocycles. The molecule has 118 valence electrons. The first-order chi connectivity index (χ1) is 10.7. The molecule has 0 bridgehead atoms. The summed E-state index contributed by atoms with van der Waals surface area (Å²) in [6.45, 7) is 0.872. The average molecular weight is 307 g/mol. The van der Waals surface area contributed by atoms with E-state index in [9.17, 15) is 9.18 Å². The summed E-state index contributed by atoms with van der Waals surface area (Å²) in [4.78, 5) is 16.2. The third kappa shape index (κ3) is 3.54. The summed E-state index contributed by atoms with van der Waals surface area (Å²) in [5, 5.41) is 6.43. The van der Waals surface area contributed by atoms with E-state index < -0.39 is 18.8 Å². The molecule has 7 nitrogen and oxygen atoms in total. The third-order valence-electron chi connectivity index (χ3n) is 3.58. The molecule has 0 spiro atoms. The molecule has 1 fully saturated rings. The van der Waals surface area contributed by atoms with Gasteiger partial charge in [0, 0.05) is 30.8 Å². The van der Waals surface area contributed by atoms with Crippen LogP contribution in [0.2, 0.25) is 0 Å². The number of methoxy groups -OCH3 is 1. The van der Waals surface area contributed by atoms with E-state index in [-0.39, 0.29) is 5.91 Å². The number of azide groups is 1. The molecular weight excluding hydrogens is 289 g/mol. The predicted molar refractivity (Wildman–Crippen MR) is 80.3 cm³/mol. The maximum Gasteiger partial charge on any atom is 0.240 e. The van der Waals surface area contributed by atoms with Gasteiger partial charge in [-0.05, 0) is 23.2 Å². The Morgan fingerprint density at radius 2 is 2.23 bits per heavy atom. The van der Waals surface area contributed by atoms with Crippen molar-refractivity contribution in [3.8, 4) is 0 Å². The first-order valence-corrected chi connectivity index (χ1v) is 6.95. The Balaban J connectivity index is 2.19. The molecule has 0 radical (unpaired) electrons. The van der Waals surface area contributed by atoms with E-state index in [2.05, 4.69) is 15.3 Å². The molecule has 0 aromatic heterocycles. The summed E-state index contributed by atoms with van der Waals surface area (Å²) in [6.07, 6.45) is -0.659. The van der Waals surface area contributed by atoms with E-state index in [1.165, 1.54) is 7.11 Å². The summed E-state index contributed by atoms with van der Waals surface area (Å²) >= 11 is 0. The van der Waals surface area contributed by atoms with Crippen LogP contribution in [0.1, 0.15) is 11.7 Å². The molecule has 1 aromatic carbocycles. The molecule has 1 aliphatic heterocycles. The van der Waals surface area contributed by atoms with Crippen LogP contribution in [0.3, 0.4) is 0 Å². The van der Waals surface area contributed by atoms with Gasteiger partial charge in [-0.25, -0.2) is 0 Å². The lowest BCUT2D eigenvalue weighted by molar-refractivity contribution is -0.118. The largest absolute Gasteiger partial charge is 0.376 e. The molecule has 22 heavy (non-hydrogen) atoms. The molecule has 1 N–H and O–H groups in total. The first-order valence-electron chi connectivity index (χ1n) is 6.95. The van der Waals surface area contributed by atoms with Crippen LogP contribution in [0.4, 0.5) is 10.1 Å². The number of hydrogen-bond acceptors (Lipinski definition) is 4. The fourth-order valence-corrected chi connectivity index (χ4v) is 2.48. The van der Waals surface area contributed by atoms with Crippen molar-refractivity contribution in [2.24, 2.45) is 5.11 Å². The van der Waals surface area contributed by atoms with Crippen LogP contribution in [0.25, 0.3) is 10.4 Å². The van der Waals surface area contributed by atoms with Crippen molar-refractivity contribution in [1.82, 2.24) is 5.32 Å². The van der Waals surface area contributed by atoms with Gasteiger partial charge in [0.25, 0.3) is 0 Å². The van der Waals surface area contributed by atoms with Crippen LogP contribution < -0.4 is 10.2 Å². The zero-order chi connectivity index (χ0) is 15.9. The molecule has 0 unspecified atom stereocenters. The van der Waals surface area contributed by atoms with Crippen molar-refractivity contribution in [2.45, 2.75) is 12.1 Å². The second-order valence-corrected chi connectivity index (χ2v) is 4.90. The van der Waals surface area contributed by atoms with E-state index in [1.54, 1.807) is 29.2 Å². The number of amides is 1. The topological polar surface area (TPSA) is 90.3 Å². The molecule has 1 amide bonds. The zero-order valence-electron chi connectivity index (χ0n) is 12.3. The summed E-state index contributed by atoms with van der Waals surface area (Å²) in [6, 6.07) is 6.18. The van der Waals surface area contributed by atoms with E-state index in [1.807, 2.05) is 0 Å². The fourth-order valence-electron chi connectivity index (χ4n) is 2.48. The Bertz CT molecular complexity index is 559. The van der Waals surface area contributed by atoms with Gasteiger partial charge in [-0.2, -0.15) is 0 Å². The number of halogens is 1. The van der Waals surface area contributed by atoms with Crippen molar-refractivity contribution < 1.29 is 13.9 Å². The van der Waals surface area contributed by atoms with Gasteiger partial charge in [0.15, 0.2) is 0 Å². The maximum atomic E-state index is 13.0. The standard InChI is InChI=1S/C14H18FN5O2/c1-22-14(12(8-15)18-19-16)10-2-4-11(5-3-10)20-7-6-17-9-13(20)21/h2-5,12,14,17H,6-9H2,1H3/t12-,14-/m1/s1. The number of piperazine rings is 1. The average Bonchev–Trinajstić information content (AvgIpc) is 2.56. The van der Waals surface area contributed by atoms with E-state index in [0.29, 0.717) is 18.7 Å². The molecule has 1 aromatic rings. The number of carbonyl (C=O) groups excluding carboxylic acids is 1. The highest BCUT2D eigenvalue weighted by molar-refractivity contribution is 5.95. The van der Waals surface area contributed by atoms with Gasteiger partial charge in [0.1, 0.15) is 6.67 Å². The summed E-state index contributed by atoms with van der Waals surface area (Å²) in [5.41, 5.74) is 9.97. The van der Waals surface area contributed by atoms with Gasteiger partial charge in [-0.3, -0.25) is 9.18 Å². The highest BCUT2D eigenvalue weighted by Gasteiger charge is 2.23. The number of hydrogen-bond donors (Lipinski definition) is 1. The summed E-state index contributed by atoms with van der Waals surface area (Å²) in [5.74, 6) is 0.0120. The quantitative estimate of drug-likeness (QED) is 0.495. The van der Waals surface area contributed by atoms with Crippen molar-refractivity contribution in [2.75, 3.05) is 38.3 Å². The number of nitrogens with one attached hydrogen (secondary N) is 1. The number of nitrogens with zero attached hydrogens (tertiary/aromatic N) is 4. The highest BCUT2D eigenvalue weighted by Crippen LogP contribution is 2.26. The van der Waals surface area contributed by atoms with Crippen LogP contribution in [0.5, 0.6) is 0 Å². The molecular formula is C14H18FN5O2. The number of ether oxygens (including phenoxy) is 1. The monoisotopic (exact) mass is 307 g/mol. The van der Waals surface area contributed by atoms with Crippen molar-refractivity contribution in [3.05, 3.63) is 40.3 Å². The van der Waals surface area contributed by atoms with Gasteiger partial charge < -0.3 is 15.0 Å². The highest BCUT2D eigenvalue weighted by atomic mass is 19.1. The van der Waals surface area contributed by atoms with Crippen LogP contribution in [-0.4, -0.2) is 45.4 Å². The molecule has 1 aliphatic rings. The summed E-state index contributed by atoms with van der Waals surface area (Å²) in [7, 11) is 1.44. The van der Waals surface area contributed by atoms with Gasteiger partial charge in [-0.1, -0.05) is 17.2 Å². The maximum absolute atomic E-state index is 13.0. The minimum atomic E-state index is -0.915. The normalized spacial score (nSPS) is 17.7. The van der Waals surface area contributed by atoms with Crippen molar-refractivity contribution in [1.29, 1.82) is 0 Å². The Hall–Kier alpha value is -2.15. The fraction of sp³-hybridized carbons (Fsp3) is 0.500. The molecule has 1 saturated heterocycles. The lowest BCUT2D eigenvalue weighted by Crippen LogP contribution is -2.48. The van der Waals surface area contributed by atoms with Gasteiger partial charge in [-0.15, -0.1) is 0 Å². The molecule has 1 heterocycles. The Labute approximate surface area is 127 Å². The predicted octanol–water partition coefficient (Wildman–Crippen LogP) is 1.96. The van der Waals surface area contributed by atoms with Gasteiger partial charge >= 0.3 is 0 Å². The minimum absolute atomic E-state index is 0.0120. The van der Waals surface area contributed by atoms with Crippen LogP contribution in [-0.2, 0) is 9.53 Å². The van der Waals surface area contributed by atoms with Crippen molar-refractivity contribution >= 4 is 11.6 Å². The SMILES string of the molecule is CO[C@H](c1ccc(N2CCNCC2=O)cc1)[C@@H](CF)N=[N+]=[N-]. The first kappa shape index (κ1) is 16.2. The molecule has 0 saturated carbocycles. The number of rotatable bonds is 6. The molecule has 2 atom stereocenters. The number of benzene rings is 1. The second kappa shape index (κ2) is 7.74. The Morgan fingerprint density at radius 1 is 1.50 bits per heavy atom. The zero-order valence-corrected chi connectivity index (χ0v) is 12.3. The lowest BCUT2D eigenvalue weighted by atomic mass is 10.0. The van der Waals surface area contributed by atoms with Crippen molar-refractivity contribution in [3.63, 3.8) is 0 Å². The third-order valence-corrected chi connectivity index (χ3v) is 3.58. The van der Waals surface area contributed by atoms with Gasteiger partial charge in [0.2, 0.25) is 5.91 Å². The number of carbonyl (C=O) groups is 1. The Morgan fingerprint density at radius 3 is 2.77 bits per heavy atom. The lowest BCUT2D eigenvalue weighted by Gasteiger charge is -2.28. The van der Waals surface area contributed by atoms with Crippen LogP contribution in [0, 0.1) is 0 Å². The van der Waals surface area contributed by atoms with Crippen LogP contribution in [0.15, 0.2) is 29.4 Å². The Kier molecular flexibility index (Phi) is 5.71. The van der Waals surface area contributed by atoms with E-state index in [4.69, 9.17) is 10.3 Å². The molecule has 8 heteroatoms.